The highest BCUT2D eigenvalue weighted by atomic mass is 35.5. The fourth-order valence-corrected chi connectivity index (χ4v) is 2.58. The standard InChI is InChI=1S/C18H21ClN2O2/c1-13(14-7-5-4-6-8-14)21(2)12-18(22)20-16-11-15(19)9-10-17(16)23-3/h4-11,13H,12H2,1-3H3,(H,20,22)/p+1/t13-/m0/s1. The van der Waals surface area contributed by atoms with Crippen LogP contribution in [0.25, 0.3) is 0 Å². The third kappa shape index (κ3) is 4.71. The van der Waals surface area contributed by atoms with Crippen molar-refractivity contribution in [2.24, 2.45) is 0 Å². The van der Waals surface area contributed by atoms with E-state index in [1.165, 1.54) is 5.56 Å². The number of ether oxygens (including phenoxy) is 1. The molecule has 0 fully saturated rings. The van der Waals surface area contributed by atoms with E-state index in [0.29, 0.717) is 23.0 Å². The van der Waals surface area contributed by atoms with Crippen molar-refractivity contribution in [3.05, 3.63) is 59.1 Å². The van der Waals surface area contributed by atoms with E-state index >= 15 is 0 Å². The van der Waals surface area contributed by atoms with E-state index < -0.39 is 0 Å². The predicted octanol–water partition coefficient (Wildman–Crippen LogP) is 2.56. The van der Waals surface area contributed by atoms with Crippen LogP contribution in [0.4, 0.5) is 5.69 Å². The summed E-state index contributed by atoms with van der Waals surface area (Å²) in [6.45, 7) is 2.46. The number of carbonyl (C=O) groups is 1. The van der Waals surface area contributed by atoms with Crippen LogP contribution in [0.2, 0.25) is 5.02 Å². The van der Waals surface area contributed by atoms with Gasteiger partial charge in [0.05, 0.1) is 19.8 Å². The maximum atomic E-state index is 12.3. The maximum Gasteiger partial charge on any atom is 0.279 e. The molecule has 0 radical (unpaired) electrons. The fourth-order valence-electron chi connectivity index (χ4n) is 2.40. The van der Waals surface area contributed by atoms with Gasteiger partial charge in [0.1, 0.15) is 11.8 Å². The second-order valence-corrected chi connectivity index (χ2v) is 5.98. The molecular weight excluding hydrogens is 312 g/mol. The molecule has 0 bridgehead atoms. The molecule has 4 nitrogen and oxygen atoms in total. The van der Waals surface area contributed by atoms with Crippen LogP contribution < -0.4 is 15.0 Å². The van der Waals surface area contributed by atoms with Gasteiger partial charge < -0.3 is 15.0 Å². The van der Waals surface area contributed by atoms with Gasteiger partial charge in [-0.25, -0.2) is 0 Å². The second-order valence-electron chi connectivity index (χ2n) is 5.55. The number of hydrogen-bond donors (Lipinski definition) is 2. The van der Waals surface area contributed by atoms with E-state index in [0.717, 1.165) is 4.90 Å². The Morgan fingerprint density at radius 1 is 1.26 bits per heavy atom. The molecule has 0 aliphatic heterocycles. The molecule has 0 aliphatic rings. The summed E-state index contributed by atoms with van der Waals surface area (Å²) in [7, 11) is 3.57. The van der Waals surface area contributed by atoms with Crippen molar-refractivity contribution in [3.8, 4) is 5.75 Å². The summed E-state index contributed by atoms with van der Waals surface area (Å²) in [5, 5.41) is 3.43. The highest BCUT2D eigenvalue weighted by molar-refractivity contribution is 6.31. The quantitative estimate of drug-likeness (QED) is 0.853. The number of benzene rings is 2. The predicted molar refractivity (Wildman–Crippen MR) is 93.2 cm³/mol. The highest BCUT2D eigenvalue weighted by Gasteiger charge is 2.19. The van der Waals surface area contributed by atoms with Crippen molar-refractivity contribution in [2.75, 3.05) is 26.0 Å². The first-order valence-corrected chi connectivity index (χ1v) is 7.89. The van der Waals surface area contributed by atoms with Crippen molar-refractivity contribution in [3.63, 3.8) is 0 Å². The lowest BCUT2D eigenvalue weighted by Gasteiger charge is -2.21. The molecule has 0 aliphatic carbocycles. The van der Waals surface area contributed by atoms with Gasteiger partial charge in [0.25, 0.3) is 5.91 Å². The van der Waals surface area contributed by atoms with Gasteiger partial charge in [-0.3, -0.25) is 4.79 Å². The van der Waals surface area contributed by atoms with E-state index in [1.54, 1.807) is 25.3 Å². The molecule has 2 N–H and O–H groups in total. The van der Waals surface area contributed by atoms with Crippen molar-refractivity contribution >= 4 is 23.2 Å². The zero-order valence-electron chi connectivity index (χ0n) is 13.6. The molecule has 1 unspecified atom stereocenters. The van der Waals surface area contributed by atoms with Crippen molar-refractivity contribution in [1.29, 1.82) is 0 Å². The number of nitrogens with one attached hydrogen (secondary N) is 2. The van der Waals surface area contributed by atoms with Gasteiger partial charge in [-0.1, -0.05) is 41.9 Å². The van der Waals surface area contributed by atoms with Crippen LogP contribution in [0.15, 0.2) is 48.5 Å². The fraction of sp³-hybridized carbons (Fsp3) is 0.278. The van der Waals surface area contributed by atoms with Gasteiger partial charge in [-0.2, -0.15) is 0 Å². The van der Waals surface area contributed by atoms with Gasteiger partial charge in [0, 0.05) is 10.6 Å². The molecule has 2 aromatic carbocycles. The molecule has 122 valence electrons. The third-order valence-corrected chi connectivity index (χ3v) is 4.15. The summed E-state index contributed by atoms with van der Waals surface area (Å²) in [5.74, 6) is 0.516. The molecule has 2 atom stereocenters. The first kappa shape index (κ1) is 17.3. The van der Waals surface area contributed by atoms with E-state index in [9.17, 15) is 4.79 Å². The Morgan fingerprint density at radius 3 is 2.61 bits per heavy atom. The lowest BCUT2D eigenvalue weighted by Crippen LogP contribution is -3.10. The number of hydrogen-bond acceptors (Lipinski definition) is 2. The number of anilines is 1. The topological polar surface area (TPSA) is 42.8 Å². The molecule has 0 saturated carbocycles. The molecule has 2 rings (SSSR count). The lowest BCUT2D eigenvalue weighted by atomic mass is 10.1. The van der Waals surface area contributed by atoms with Crippen LogP contribution in [0.1, 0.15) is 18.5 Å². The van der Waals surface area contributed by atoms with Crippen LogP contribution >= 0.6 is 11.6 Å². The minimum Gasteiger partial charge on any atom is -0.495 e. The summed E-state index contributed by atoms with van der Waals surface area (Å²) in [5.41, 5.74) is 1.79. The summed E-state index contributed by atoms with van der Waals surface area (Å²) in [4.78, 5) is 13.4. The molecule has 0 spiro atoms. The average Bonchev–Trinajstić information content (AvgIpc) is 2.55. The SMILES string of the molecule is COc1ccc(Cl)cc1NC(=O)C[NH+](C)[C@@H](C)c1ccccc1. The molecule has 5 heteroatoms. The van der Waals surface area contributed by atoms with E-state index in [4.69, 9.17) is 16.3 Å². The van der Waals surface area contributed by atoms with Crippen LogP contribution in [0, 0.1) is 0 Å². The monoisotopic (exact) mass is 333 g/mol. The number of carbonyl (C=O) groups excluding carboxylic acids is 1. The Labute approximate surface area is 142 Å². The van der Waals surface area contributed by atoms with Crippen molar-refractivity contribution in [1.82, 2.24) is 0 Å². The number of amides is 1. The van der Waals surface area contributed by atoms with Gasteiger partial charge in [-0.15, -0.1) is 0 Å². The number of quaternary nitrogens is 1. The molecule has 23 heavy (non-hydrogen) atoms. The number of likely N-dealkylation sites (N-methyl/N-ethyl adjacent to an activating group) is 1. The molecule has 0 saturated heterocycles. The largest absolute Gasteiger partial charge is 0.495 e. The summed E-state index contributed by atoms with van der Waals surface area (Å²) in [6.07, 6.45) is 0. The Kier molecular flexibility index (Phi) is 6.02. The van der Waals surface area contributed by atoms with E-state index in [2.05, 4.69) is 24.4 Å². The van der Waals surface area contributed by atoms with Gasteiger partial charge >= 0.3 is 0 Å². The van der Waals surface area contributed by atoms with Gasteiger partial charge in [0.15, 0.2) is 6.54 Å². The Balaban J connectivity index is 2.01. The minimum absolute atomic E-state index is 0.0779. The first-order valence-electron chi connectivity index (χ1n) is 7.52. The molecule has 2 aromatic rings. The number of halogens is 1. The van der Waals surface area contributed by atoms with Crippen LogP contribution in [-0.2, 0) is 4.79 Å². The second kappa shape index (κ2) is 7.99. The molecular formula is C18H22ClN2O2+. The van der Waals surface area contributed by atoms with E-state index in [1.807, 2.05) is 25.2 Å². The first-order chi connectivity index (χ1) is 11.0. The summed E-state index contributed by atoms with van der Waals surface area (Å²) in [6, 6.07) is 15.5. The van der Waals surface area contributed by atoms with Gasteiger partial charge in [-0.05, 0) is 25.1 Å². The number of methoxy groups -OCH3 is 1. The smallest absolute Gasteiger partial charge is 0.279 e. The molecule has 0 heterocycles. The maximum absolute atomic E-state index is 12.3. The zero-order valence-corrected chi connectivity index (χ0v) is 14.4. The van der Waals surface area contributed by atoms with Crippen LogP contribution in [0.5, 0.6) is 5.75 Å². The van der Waals surface area contributed by atoms with Gasteiger partial charge in [0.2, 0.25) is 0 Å². The highest BCUT2D eigenvalue weighted by Crippen LogP contribution is 2.27. The van der Waals surface area contributed by atoms with E-state index in [-0.39, 0.29) is 11.9 Å². The Morgan fingerprint density at radius 2 is 1.96 bits per heavy atom. The Hall–Kier alpha value is -2.04. The average molecular weight is 334 g/mol. The summed E-state index contributed by atoms with van der Waals surface area (Å²) >= 11 is 5.98. The summed E-state index contributed by atoms with van der Waals surface area (Å²) < 4.78 is 5.24. The lowest BCUT2D eigenvalue weighted by molar-refractivity contribution is -0.902. The number of rotatable bonds is 6. The molecule has 1 amide bonds. The van der Waals surface area contributed by atoms with Crippen molar-refractivity contribution < 1.29 is 14.4 Å². The van der Waals surface area contributed by atoms with Crippen molar-refractivity contribution in [2.45, 2.75) is 13.0 Å². The molecule has 0 aromatic heterocycles. The Bertz CT molecular complexity index is 661. The van der Waals surface area contributed by atoms with Crippen LogP contribution in [0.3, 0.4) is 0 Å². The zero-order chi connectivity index (χ0) is 16.8. The van der Waals surface area contributed by atoms with Crippen LogP contribution in [-0.4, -0.2) is 26.6 Å². The third-order valence-electron chi connectivity index (χ3n) is 3.91. The minimum atomic E-state index is -0.0779. The normalized spacial score (nSPS) is 13.2.